The summed E-state index contributed by atoms with van der Waals surface area (Å²) in [6, 6.07) is 13.4. The Morgan fingerprint density at radius 2 is 1.59 bits per heavy atom. The summed E-state index contributed by atoms with van der Waals surface area (Å²) in [5.74, 6) is 0.710. The molecule has 2 aromatic carbocycles. The fourth-order valence-electron chi connectivity index (χ4n) is 5.70. The number of cyclic esters (lactones) is 1. The van der Waals surface area contributed by atoms with Crippen LogP contribution in [-0.2, 0) is 14.9 Å². The number of ether oxygens (including phenoxy) is 2. The fourth-order valence-corrected chi connectivity index (χ4v) is 5.70. The van der Waals surface area contributed by atoms with Crippen molar-refractivity contribution in [2.24, 2.45) is 0 Å². The second-order valence-electron chi connectivity index (χ2n) is 10.6. The molecular weight excluding hydrogens is 460 g/mol. The summed E-state index contributed by atoms with van der Waals surface area (Å²) in [5.41, 5.74) is 6.52. The maximum atomic E-state index is 11.4. The summed E-state index contributed by atoms with van der Waals surface area (Å²) in [6.07, 6.45) is 7.42. The number of hydrogen-bond acceptors (Lipinski definition) is 4. The lowest BCUT2D eigenvalue weighted by atomic mass is 9.69. The topological polar surface area (TPSA) is 55.8 Å². The molecule has 0 amide bonds. The minimum atomic E-state index is -0.756. The van der Waals surface area contributed by atoms with E-state index in [0.29, 0.717) is 25.9 Å². The number of aliphatic hydroxyl groups is 1. The molecule has 0 aliphatic carbocycles. The summed E-state index contributed by atoms with van der Waals surface area (Å²) >= 11 is 0. The van der Waals surface area contributed by atoms with Gasteiger partial charge in [-0.05, 0) is 97.9 Å². The molecule has 202 valence electrons. The number of aryl methyl sites for hydroxylation is 2. The highest BCUT2D eigenvalue weighted by Gasteiger charge is 2.32. The van der Waals surface area contributed by atoms with Crippen molar-refractivity contribution in [3.05, 3.63) is 70.3 Å². The van der Waals surface area contributed by atoms with Gasteiger partial charge in [0.2, 0.25) is 0 Å². The van der Waals surface area contributed by atoms with Gasteiger partial charge in [-0.3, -0.25) is 4.79 Å². The van der Waals surface area contributed by atoms with Gasteiger partial charge in [-0.25, -0.2) is 0 Å². The Hall–Kier alpha value is -2.59. The molecule has 1 N–H and O–H groups in total. The molecular formula is C33H46O4. The number of allylic oxidation sites excluding steroid dienone is 1. The van der Waals surface area contributed by atoms with Crippen LogP contribution in [0.4, 0.5) is 0 Å². The predicted octanol–water partition coefficient (Wildman–Crippen LogP) is 7.84. The smallest absolute Gasteiger partial charge is 0.306 e. The first-order valence-electron chi connectivity index (χ1n) is 14.1. The molecule has 1 aliphatic heterocycles. The number of carbonyl (C=O) groups is 1. The molecule has 2 aromatic rings. The summed E-state index contributed by atoms with van der Waals surface area (Å²) in [7, 11) is 0. The summed E-state index contributed by atoms with van der Waals surface area (Å²) in [4.78, 5) is 11.4. The number of carbonyl (C=O) groups excluding carboxylic acids is 1. The van der Waals surface area contributed by atoms with Crippen molar-refractivity contribution in [1.82, 2.24) is 0 Å². The average molecular weight is 507 g/mol. The summed E-state index contributed by atoms with van der Waals surface area (Å²) in [5, 5.41) is 10.9. The van der Waals surface area contributed by atoms with E-state index >= 15 is 0 Å². The van der Waals surface area contributed by atoms with Crippen LogP contribution in [0.25, 0.3) is 5.57 Å². The van der Waals surface area contributed by atoms with Crippen LogP contribution in [0, 0.1) is 13.8 Å². The van der Waals surface area contributed by atoms with Crippen LogP contribution in [0.3, 0.4) is 0 Å². The third-order valence-corrected chi connectivity index (χ3v) is 8.50. The van der Waals surface area contributed by atoms with E-state index in [-0.39, 0.29) is 17.5 Å². The van der Waals surface area contributed by atoms with E-state index in [1.54, 1.807) is 0 Å². The van der Waals surface area contributed by atoms with Crippen molar-refractivity contribution in [1.29, 1.82) is 0 Å². The number of rotatable bonds is 12. The lowest BCUT2D eigenvalue weighted by molar-refractivity contribution is -0.142. The van der Waals surface area contributed by atoms with Gasteiger partial charge in [0.15, 0.2) is 0 Å². The van der Waals surface area contributed by atoms with Crippen LogP contribution >= 0.6 is 0 Å². The van der Waals surface area contributed by atoms with Gasteiger partial charge in [-0.2, -0.15) is 0 Å². The highest BCUT2D eigenvalue weighted by Crippen LogP contribution is 2.41. The molecule has 1 heterocycles. The molecule has 1 atom stereocenters. The maximum absolute atomic E-state index is 11.4. The normalized spacial score (nSPS) is 16.7. The van der Waals surface area contributed by atoms with Gasteiger partial charge in [-0.1, -0.05) is 65.0 Å². The standard InChI is InChI=1S/C33H46O4/c1-8-25(21-32(35,9-2)10-3)29-16-13-26(19-23(29)6)33(11-4,12-5)27-14-17-30(24(7)20-27)36-22-28-15-18-31(34)37-28/h13-14,16-17,19-21,28,35H,8-12,15,18,22H2,1-7H3/b25-21+/t28-/m0/s1. The SMILES string of the molecule is CC/C(=C\C(O)(CC)CC)c1ccc(C(CC)(CC)c2ccc(OC[C@@H]3CCC(=O)O3)c(C)c2)cc1C. The minimum absolute atomic E-state index is 0.1000. The van der Waals surface area contributed by atoms with Crippen LogP contribution in [0.1, 0.15) is 107 Å². The lowest BCUT2D eigenvalue weighted by Gasteiger charge is -2.34. The van der Waals surface area contributed by atoms with E-state index in [2.05, 4.69) is 77.1 Å². The van der Waals surface area contributed by atoms with Gasteiger partial charge >= 0.3 is 5.97 Å². The average Bonchev–Trinajstić information content (AvgIpc) is 3.33. The van der Waals surface area contributed by atoms with Gasteiger partial charge in [0.1, 0.15) is 18.5 Å². The molecule has 1 aliphatic rings. The summed E-state index contributed by atoms with van der Waals surface area (Å²) in [6.45, 7) is 15.5. The van der Waals surface area contributed by atoms with Crippen molar-refractivity contribution >= 4 is 11.5 Å². The third kappa shape index (κ3) is 6.29. The van der Waals surface area contributed by atoms with Gasteiger partial charge < -0.3 is 14.6 Å². The molecule has 0 unspecified atom stereocenters. The molecule has 37 heavy (non-hydrogen) atoms. The van der Waals surface area contributed by atoms with Crippen LogP contribution in [-0.4, -0.2) is 29.4 Å². The third-order valence-electron chi connectivity index (χ3n) is 8.50. The second-order valence-corrected chi connectivity index (χ2v) is 10.6. The predicted molar refractivity (Wildman–Crippen MR) is 152 cm³/mol. The van der Waals surface area contributed by atoms with E-state index in [1.807, 2.05) is 13.8 Å². The van der Waals surface area contributed by atoms with E-state index in [4.69, 9.17) is 9.47 Å². The molecule has 0 aromatic heterocycles. The van der Waals surface area contributed by atoms with Crippen LogP contribution in [0.5, 0.6) is 5.75 Å². The van der Waals surface area contributed by atoms with Gasteiger partial charge in [0.25, 0.3) is 0 Å². The highest BCUT2D eigenvalue weighted by molar-refractivity contribution is 5.71. The lowest BCUT2D eigenvalue weighted by Crippen LogP contribution is -2.26. The Morgan fingerprint density at radius 1 is 0.973 bits per heavy atom. The zero-order valence-corrected chi connectivity index (χ0v) is 23.9. The molecule has 4 heteroatoms. The monoisotopic (exact) mass is 506 g/mol. The molecule has 1 fully saturated rings. The molecule has 1 saturated heterocycles. The number of benzene rings is 2. The van der Waals surface area contributed by atoms with Crippen LogP contribution in [0.2, 0.25) is 0 Å². The van der Waals surface area contributed by atoms with Crippen molar-refractivity contribution in [3.63, 3.8) is 0 Å². The van der Waals surface area contributed by atoms with E-state index < -0.39 is 5.60 Å². The van der Waals surface area contributed by atoms with E-state index in [1.165, 1.54) is 27.8 Å². The zero-order valence-electron chi connectivity index (χ0n) is 23.9. The summed E-state index contributed by atoms with van der Waals surface area (Å²) < 4.78 is 11.3. The van der Waals surface area contributed by atoms with Crippen LogP contribution < -0.4 is 4.74 Å². The van der Waals surface area contributed by atoms with Gasteiger partial charge in [0.05, 0.1) is 5.60 Å². The van der Waals surface area contributed by atoms with Gasteiger partial charge in [0, 0.05) is 11.8 Å². The van der Waals surface area contributed by atoms with E-state index in [0.717, 1.165) is 37.0 Å². The maximum Gasteiger partial charge on any atom is 0.306 e. The quantitative estimate of drug-likeness (QED) is 0.298. The van der Waals surface area contributed by atoms with Crippen molar-refractivity contribution in [2.75, 3.05) is 6.61 Å². The molecule has 4 nitrogen and oxygen atoms in total. The van der Waals surface area contributed by atoms with Crippen LogP contribution in [0.15, 0.2) is 42.5 Å². The molecule has 0 saturated carbocycles. The first kappa shape index (κ1) is 29.0. The first-order chi connectivity index (χ1) is 17.6. The van der Waals surface area contributed by atoms with Crippen molar-refractivity contribution < 1.29 is 19.4 Å². The molecule has 0 bridgehead atoms. The minimum Gasteiger partial charge on any atom is -0.489 e. The first-order valence-corrected chi connectivity index (χ1v) is 14.1. The number of hydrogen-bond donors (Lipinski definition) is 1. The molecule has 0 radical (unpaired) electrons. The number of esters is 1. The molecule has 0 spiro atoms. The largest absolute Gasteiger partial charge is 0.489 e. The van der Waals surface area contributed by atoms with Gasteiger partial charge in [-0.15, -0.1) is 0 Å². The zero-order chi connectivity index (χ0) is 27.2. The fraction of sp³-hybridized carbons (Fsp3) is 0.545. The second kappa shape index (κ2) is 12.3. The Balaban J connectivity index is 1.92. The Kier molecular flexibility index (Phi) is 9.63. The van der Waals surface area contributed by atoms with Crippen molar-refractivity contribution in [2.45, 2.75) is 111 Å². The Bertz CT molecular complexity index is 1110. The molecule has 3 rings (SSSR count). The van der Waals surface area contributed by atoms with Crippen molar-refractivity contribution in [3.8, 4) is 5.75 Å². The van der Waals surface area contributed by atoms with E-state index in [9.17, 15) is 9.90 Å². The Morgan fingerprint density at radius 3 is 2.08 bits per heavy atom. The Labute approximate surface area is 224 Å². The highest BCUT2D eigenvalue weighted by atomic mass is 16.6.